The molecule has 1 N–H and O–H groups in total. The zero-order chi connectivity index (χ0) is 14.8. The molecule has 1 aliphatic carbocycles. The van der Waals surface area contributed by atoms with E-state index in [-0.39, 0.29) is 5.75 Å². The minimum absolute atomic E-state index is 0.0220. The Morgan fingerprint density at radius 2 is 2.24 bits per heavy atom. The van der Waals surface area contributed by atoms with Gasteiger partial charge in [0.05, 0.1) is 12.9 Å². The molecule has 2 heterocycles. The van der Waals surface area contributed by atoms with Gasteiger partial charge in [-0.15, -0.1) is 0 Å². The largest absolute Gasteiger partial charge is 0.481 e. The number of ether oxygens (including phenoxy) is 1. The van der Waals surface area contributed by atoms with Gasteiger partial charge in [-0.05, 0) is 12.8 Å². The maximum atomic E-state index is 10.8. The number of nitrogens with zero attached hydrogens (tertiary/aromatic N) is 4. The fourth-order valence-corrected chi connectivity index (χ4v) is 3.52. The van der Waals surface area contributed by atoms with Crippen LogP contribution in [0.25, 0.3) is 11.2 Å². The molecule has 0 unspecified atom stereocenters. The van der Waals surface area contributed by atoms with Crippen LogP contribution in [0, 0.1) is 0 Å². The van der Waals surface area contributed by atoms with Crippen LogP contribution in [0.3, 0.4) is 0 Å². The average molecular weight is 308 g/mol. The molecule has 0 spiro atoms. The molecule has 0 radical (unpaired) electrons. The Kier molecular flexibility index (Phi) is 3.96. The molecule has 1 fully saturated rings. The highest BCUT2D eigenvalue weighted by atomic mass is 32.2. The number of thioether (sulfide) groups is 1. The molecule has 0 atom stereocenters. The molecule has 2 aromatic heterocycles. The Morgan fingerprint density at radius 1 is 1.48 bits per heavy atom. The van der Waals surface area contributed by atoms with Crippen LogP contribution in [0.15, 0.2) is 11.5 Å². The lowest BCUT2D eigenvalue weighted by Gasteiger charge is -2.14. The zero-order valence-electron chi connectivity index (χ0n) is 11.7. The summed E-state index contributed by atoms with van der Waals surface area (Å²) < 4.78 is 7.29. The highest BCUT2D eigenvalue weighted by Crippen LogP contribution is 2.37. The maximum absolute atomic E-state index is 10.8. The molecule has 1 aliphatic rings. The SMILES string of the molecule is COc1ncnc2c1nc(SCC(=O)O)n2C1CCCC1. The van der Waals surface area contributed by atoms with Crippen molar-refractivity contribution in [2.24, 2.45) is 0 Å². The Bertz CT molecular complexity index is 667. The molecule has 0 aliphatic heterocycles. The highest BCUT2D eigenvalue weighted by molar-refractivity contribution is 7.99. The number of carboxylic acids is 1. The van der Waals surface area contributed by atoms with E-state index in [1.807, 2.05) is 0 Å². The number of imidazole rings is 1. The summed E-state index contributed by atoms with van der Waals surface area (Å²) in [5.41, 5.74) is 1.32. The summed E-state index contributed by atoms with van der Waals surface area (Å²) in [5.74, 6) is -0.455. The Morgan fingerprint density at radius 3 is 2.90 bits per heavy atom. The second-order valence-corrected chi connectivity index (χ2v) is 5.88. The quantitative estimate of drug-likeness (QED) is 0.846. The predicted octanol–water partition coefficient (Wildman–Crippen LogP) is 2.13. The third kappa shape index (κ3) is 2.67. The Labute approximate surface area is 125 Å². The number of fused-ring (bicyclic) bond motifs is 1. The molecule has 2 aromatic rings. The van der Waals surface area contributed by atoms with Gasteiger partial charge in [0, 0.05) is 6.04 Å². The summed E-state index contributed by atoms with van der Waals surface area (Å²) in [6.07, 6.45) is 5.95. The van der Waals surface area contributed by atoms with Crippen molar-refractivity contribution in [3.63, 3.8) is 0 Å². The van der Waals surface area contributed by atoms with E-state index in [9.17, 15) is 4.79 Å². The molecule has 0 bridgehead atoms. The van der Waals surface area contributed by atoms with Crippen molar-refractivity contribution in [3.05, 3.63) is 6.33 Å². The Hall–Kier alpha value is -1.83. The Balaban J connectivity index is 2.09. The van der Waals surface area contributed by atoms with Crippen LogP contribution in [0.5, 0.6) is 5.88 Å². The van der Waals surface area contributed by atoms with E-state index in [0.717, 1.165) is 18.5 Å². The van der Waals surface area contributed by atoms with Crippen LogP contribution >= 0.6 is 11.8 Å². The van der Waals surface area contributed by atoms with E-state index in [4.69, 9.17) is 9.84 Å². The molecular formula is C13H16N4O3S. The van der Waals surface area contributed by atoms with Gasteiger partial charge in [-0.3, -0.25) is 4.79 Å². The number of hydrogen-bond donors (Lipinski definition) is 1. The summed E-state index contributed by atoms with van der Waals surface area (Å²) in [5, 5.41) is 9.57. The number of hydrogen-bond acceptors (Lipinski definition) is 6. The first-order valence-electron chi connectivity index (χ1n) is 6.82. The monoisotopic (exact) mass is 308 g/mol. The van der Waals surface area contributed by atoms with Crippen molar-refractivity contribution in [1.82, 2.24) is 19.5 Å². The van der Waals surface area contributed by atoms with Crippen LogP contribution < -0.4 is 4.74 Å². The van der Waals surface area contributed by atoms with Crippen molar-refractivity contribution in [2.45, 2.75) is 36.9 Å². The molecule has 8 heteroatoms. The van der Waals surface area contributed by atoms with Crippen molar-refractivity contribution in [2.75, 3.05) is 12.9 Å². The number of methoxy groups -OCH3 is 1. The third-order valence-electron chi connectivity index (χ3n) is 3.62. The summed E-state index contributed by atoms with van der Waals surface area (Å²) in [4.78, 5) is 23.7. The van der Waals surface area contributed by atoms with Gasteiger partial charge in [-0.1, -0.05) is 24.6 Å². The molecule has 7 nitrogen and oxygen atoms in total. The molecular weight excluding hydrogens is 292 g/mol. The van der Waals surface area contributed by atoms with Gasteiger partial charge in [0.25, 0.3) is 0 Å². The fraction of sp³-hybridized carbons (Fsp3) is 0.538. The molecule has 1 saturated carbocycles. The first-order chi connectivity index (χ1) is 10.2. The van der Waals surface area contributed by atoms with Gasteiger partial charge in [0.1, 0.15) is 6.33 Å². The summed E-state index contributed by atoms with van der Waals surface area (Å²) in [7, 11) is 1.54. The van der Waals surface area contributed by atoms with Gasteiger partial charge < -0.3 is 14.4 Å². The van der Waals surface area contributed by atoms with Crippen LogP contribution in [0.1, 0.15) is 31.7 Å². The van der Waals surface area contributed by atoms with Crippen LogP contribution in [-0.2, 0) is 4.79 Å². The van der Waals surface area contributed by atoms with E-state index in [0.29, 0.717) is 22.6 Å². The van der Waals surface area contributed by atoms with E-state index < -0.39 is 5.97 Å². The van der Waals surface area contributed by atoms with Crippen molar-refractivity contribution in [1.29, 1.82) is 0 Å². The number of aliphatic carboxylic acids is 1. The van der Waals surface area contributed by atoms with Crippen LogP contribution in [0.4, 0.5) is 0 Å². The van der Waals surface area contributed by atoms with E-state index in [1.165, 1.54) is 30.9 Å². The van der Waals surface area contributed by atoms with Gasteiger partial charge in [-0.25, -0.2) is 9.97 Å². The van der Waals surface area contributed by atoms with E-state index >= 15 is 0 Å². The second kappa shape index (κ2) is 5.88. The van der Waals surface area contributed by atoms with Gasteiger partial charge >= 0.3 is 5.97 Å². The smallest absolute Gasteiger partial charge is 0.313 e. The normalized spacial score (nSPS) is 15.7. The topological polar surface area (TPSA) is 90.1 Å². The number of aromatic nitrogens is 4. The molecule has 0 saturated heterocycles. The first kappa shape index (κ1) is 14.1. The molecule has 0 aromatic carbocycles. The lowest BCUT2D eigenvalue weighted by atomic mass is 10.2. The average Bonchev–Trinajstić information content (AvgIpc) is 3.10. The minimum atomic E-state index is -0.858. The predicted molar refractivity (Wildman–Crippen MR) is 77.7 cm³/mol. The highest BCUT2D eigenvalue weighted by Gasteiger charge is 2.25. The lowest BCUT2D eigenvalue weighted by molar-refractivity contribution is -0.133. The number of rotatable bonds is 5. The van der Waals surface area contributed by atoms with E-state index in [1.54, 1.807) is 7.11 Å². The molecule has 3 rings (SSSR count). The van der Waals surface area contributed by atoms with Gasteiger partial charge in [0.2, 0.25) is 5.88 Å². The lowest BCUT2D eigenvalue weighted by Crippen LogP contribution is -2.08. The van der Waals surface area contributed by atoms with Crippen molar-refractivity contribution in [3.8, 4) is 5.88 Å². The van der Waals surface area contributed by atoms with Crippen LogP contribution in [-0.4, -0.2) is 43.5 Å². The van der Waals surface area contributed by atoms with E-state index in [2.05, 4.69) is 19.5 Å². The van der Waals surface area contributed by atoms with Gasteiger partial charge in [-0.2, -0.15) is 4.98 Å². The fourth-order valence-electron chi connectivity index (χ4n) is 2.74. The van der Waals surface area contributed by atoms with Crippen LogP contribution in [0.2, 0.25) is 0 Å². The minimum Gasteiger partial charge on any atom is -0.481 e. The summed E-state index contributed by atoms with van der Waals surface area (Å²) >= 11 is 1.22. The molecule has 112 valence electrons. The molecule has 0 amide bonds. The number of carboxylic acid groups (broad SMARTS) is 1. The second-order valence-electron chi connectivity index (χ2n) is 4.94. The summed E-state index contributed by atoms with van der Waals surface area (Å²) in [6, 6.07) is 0.325. The van der Waals surface area contributed by atoms with Gasteiger partial charge in [0.15, 0.2) is 16.3 Å². The molecule has 21 heavy (non-hydrogen) atoms. The van der Waals surface area contributed by atoms with Crippen molar-refractivity contribution < 1.29 is 14.6 Å². The summed E-state index contributed by atoms with van der Waals surface area (Å²) in [6.45, 7) is 0. The first-order valence-corrected chi connectivity index (χ1v) is 7.80. The number of carbonyl (C=O) groups is 1. The standard InChI is InChI=1S/C13H16N4O3S/c1-20-12-10-11(14-7-15-12)17(8-4-2-3-5-8)13(16-10)21-6-9(18)19/h7-8H,2-6H2,1H3,(H,18,19). The maximum Gasteiger partial charge on any atom is 0.313 e. The zero-order valence-corrected chi connectivity index (χ0v) is 12.5. The van der Waals surface area contributed by atoms with Crippen molar-refractivity contribution >= 4 is 28.9 Å². The third-order valence-corrected chi connectivity index (χ3v) is 4.56.